The molecule has 136 valence electrons. The average Bonchev–Trinajstić information content (AvgIpc) is 3.08. The van der Waals surface area contributed by atoms with Crippen LogP contribution in [0.15, 0.2) is 28.6 Å². The van der Waals surface area contributed by atoms with Crippen LogP contribution in [0.1, 0.15) is 37.4 Å². The number of hydrogen-bond acceptors (Lipinski definition) is 5. The van der Waals surface area contributed by atoms with Gasteiger partial charge in [0.15, 0.2) is 17.5 Å². The van der Waals surface area contributed by atoms with Crippen molar-refractivity contribution in [3.63, 3.8) is 0 Å². The Morgan fingerprint density at radius 2 is 2.12 bits per heavy atom. The first kappa shape index (κ1) is 19.1. The van der Waals surface area contributed by atoms with E-state index in [9.17, 15) is 0 Å². The number of ether oxygens (including phenoxy) is 2. The van der Waals surface area contributed by atoms with Crippen molar-refractivity contribution in [2.24, 2.45) is 4.99 Å². The molecule has 0 amide bonds. The Morgan fingerprint density at radius 3 is 2.72 bits per heavy atom. The molecular weight excluding hydrogens is 336 g/mol. The second-order valence-electron chi connectivity index (χ2n) is 5.68. The van der Waals surface area contributed by atoms with Gasteiger partial charge in [-0.3, -0.25) is 4.99 Å². The molecule has 0 unspecified atom stereocenters. The van der Waals surface area contributed by atoms with E-state index in [1.807, 2.05) is 25.1 Å². The van der Waals surface area contributed by atoms with E-state index in [2.05, 4.69) is 39.8 Å². The van der Waals surface area contributed by atoms with E-state index >= 15 is 0 Å². The predicted octanol–water partition coefficient (Wildman–Crippen LogP) is 3.86. The molecule has 0 bridgehead atoms. The second-order valence-corrected chi connectivity index (χ2v) is 6.57. The Bertz CT molecular complexity index is 713. The van der Waals surface area contributed by atoms with E-state index in [0.29, 0.717) is 36.5 Å². The number of aromatic nitrogens is 1. The van der Waals surface area contributed by atoms with Crippen molar-refractivity contribution in [1.82, 2.24) is 10.3 Å². The maximum Gasteiger partial charge on any atom is 0.195 e. The number of benzene rings is 1. The van der Waals surface area contributed by atoms with Crippen molar-refractivity contribution in [3.8, 4) is 11.5 Å². The van der Waals surface area contributed by atoms with Gasteiger partial charge in [-0.05, 0) is 19.1 Å². The van der Waals surface area contributed by atoms with Gasteiger partial charge in [0.05, 0.1) is 31.0 Å². The Balaban J connectivity index is 2.00. The molecule has 1 heterocycles. The molecule has 7 heteroatoms. The van der Waals surface area contributed by atoms with Crippen LogP contribution in [0.25, 0.3) is 0 Å². The quantitative estimate of drug-likeness (QED) is 0.578. The molecule has 0 fully saturated rings. The SMILES string of the molecule is CCOc1cc(NC(=NC)NCc2csc(C(C)C)n2)ccc1OC. The normalized spacial score (nSPS) is 11.5. The summed E-state index contributed by atoms with van der Waals surface area (Å²) in [5, 5.41) is 9.76. The monoisotopic (exact) mass is 362 g/mol. The summed E-state index contributed by atoms with van der Waals surface area (Å²) in [5.74, 6) is 2.53. The van der Waals surface area contributed by atoms with Gasteiger partial charge in [-0.25, -0.2) is 4.98 Å². The van der Waals surface area contributed by atoms with Gasteiger partial charge in [0.1, 0.15) is 0 Å². The smallest absolute Gasteiger partial charge is 0.195 e. The van der Waals surface area contributed by atoms with Gasteiger partial charge in [0.25, 0.3) is 0 Å². The van der Waals surface area contributed by atoms with Crippen LogP contribution in [0.3, 0.4) is 0 Å². The average molecular weight is 362 g/mol. The van der Waals surface area contributed by atoms with E-state index in [-0.39, 0.29) is 0 Å². The lowest BCUT2D eigenvalue weighted by Crippen LogP contribution is -2.30. The number of thiazole rings is 1. The Labute approximate surface area is 153 Å². The molecule has 1 aromatic heterocycles. The molecule has 0 radical (unpaired) electrons. The number of aliphatic imine (C=N–C) groups is 1. The Hall–Kier alpha value is -2.28. The molecule has 0 atom stereocenters. The molecule has 2 aromatic rings. The molecule has 0 aliphatic heterocycles. The largest absolute Gasteiger partial charge is 0.493 e. The molecule has 2 N–H and O–H groups in total. The summed E-state index contributed by atoms with van der Waals surface area (Å²) in [6.07, 6.45) is 0. The van der Waals surface area contributed by atoms with Crippen molar-refractivity contribution in [3.05, 3.63) is 34.3 Å². The zero-order chi connectivity index (χ0) is 18.2. The first-order valence-electron chi connectivity index (χ1n) is 8.30. The third kappa shape index (κ3) is 5.35. The lowest BCUT2D eigenvalue weighted by molar-refractivity contribution is 0.311. The summed E-state index contributed by atoms with van der Waals surface area (Å²) in [4.78, 5) is 8.88. The van der Waals surface area contributed by atoms with Crippen LogP contribution in [-0.4, -0.2) is 31.7 Å². The number of hydrogen-bond donors (Lipinski definition) is 2. The van der Waals surface area contributed by atoms with Crippen LogP contribution in [0, 0.1) is 0 Å². The highest BCUT2D eigenvalue weighted by Gasteiger charge is 2.09. The number of anilines is 1. The number of nitrogens with one attached hydrogen (secondary N) is 2. The van der Waals surface area contributed by atoms with Gasteiger partial charge in [0.2, 0.25) is 0 Å². The fourth-order valence-electron chi connectivity index (χ4n) is 2.18. The maximum atomic E-state index is 5.60. The van der Waals surface area contributed by atoms with Crippen molar-refractivity contribution >= 4 is 23.0 Å². The van der Waals surface area contributed by atoms with E-state index in [0.717, 1.165) is 16.4 Å². The van der Waals surface area contributed by atoms with Gasteiger partial charge in [-0.1, -0.05) is 13.8 Å². The summed E-state index contributed by atoms with van der Waals surface area (Å²) in [6.45, 7) is 7.44. The van der Waals surface area contributed by atoms with Gasteiger partial charge in [-0.15, -0.1) is 11.3 Å². The highest BCUT2D eigenvalue weighted by Crippen LogP contribution is 2.30. The topological polar surface area (TPSA) is 67.8 Å². The zero-order valence-electron chi connectivity index (χ0n) is 15.4. The first-order chi connectivity index (χ1) is 12.1. The predicted molar refractivity (Wildman–Crippen MR) is 104 cm³/mol. The standard InChI is InChI=1S/C18H26N4O2S/c1-6-24-16-9-13(7-8-15(16)23-5)22-18(19-4)20-10-14-11-25-17(21-14)12(2)3/h7-9,11-12H,6,10H2,1-5H3,(H2,19,20,22). The molecule has 6 nitrogen and oxygen atoms in total. The highest BCUT2D eigenvalue weighted by atomic mass is 32.1. The number of methoxy groups -OCH3 is 1. The molecule has 0 spiro atoms. The maximum absolute atomic E-state index is 5.60. The minimum atomic E-state index is 0.451. The van der Waals surface area contributed by atoms with Crippen molar-refractivity contribution in [2.75, 3.05) is 26.1 Å². The summed E-state index contributed by atoms with van der Waals surface area (Å²) < 4.78 is 10.9. The molecule has 0 saturated carbocycles. The Morgan fingerprint density at radius 1 is 1.32 bits per heavy atom. The zero-order valence-corrected chi connectivity index (χ0v) is 16.2. The molecule has 25 heavy (non-hydrogen) atoms. The summed E-state index contributed by atoms with van der Waals surface area (Å²) in [6, 6.07) is 5.69. The molecule has 2 rings (SSSR count). The molecular formula is C18H26N4O2S. The van der Waals surface area contributed by atoms with Gasteiger partial charge in [-0.2, -0.15) is 0 Å². The second kappa shape index (κ2) is 9.27. The van der Waals surface area contributed by atoms with E-state index < -0.39 is 0 Å². The minimum absolute atomic E-state index is 0.451. The van der Waals surface area contributed by atoms with E-state index in [4.69, 9.17) is 9.47 Å². The molecule has 1 aromatic carbocycles. The lowest BCUT2D eigenvalue weighted by Gasteiger charge is -2.14. The number of rotatable bonds is 7. The van der Waals surface area contributed by atoms with Crippen molar-refractivity contribution in [1.29, 1.82) is 0 Å². The van der Waals surface area contributed by atoms with E-state index in [1.165, 1.54) is 0 Å². The minimum Gasteiger partial charge on any atom is -0.493 e. The first-order valence-corrected chi connectivity index (χ1v) is 9.18. The van der Waals surface area contributed by atoms with Crippen molar-refractivity contribution < 1.29 is 9.47 Å². The van der Waals surface area contributed by atoms with Crippen LogP contribution in [-0.2, 0) is 6.54 Å². The van der Waals surface area contributed by atoms with Crippen molar-refractivity contribution in [2.45, 2.75) is 33.2 Å². The molecule has 0 aliphatic rings. The van der Waals surface area contributed by atoms with Crippen LogP contribution < -0.4 is 20.1 Å². The third-order valence-electron chi connectivity index (χ3n) is 3.45. The summed E-state index contributed by atoms with van der Waals surface area (Å²) >= 11 is 1.69. The lowest BCUT2D eigenvalue weighted by atomic mass is 10.2. The molecule has 0 aliphatic carbocycles. The number of guanidine groups is 1. The number of nitrogens with zero attached hydrogens (tertiary/aromatic N) is 2. The van der Waals surface area contributed by atoms with E-state index in [1.54, 1.807) is 25.5 Å². The fraction of sp³-hybridized carbons (Fsp3) is 0.444. The van der Waals surface area contributed by atoms with Crippen LogP contribution in [0.2, 0.25) is 0 Å². The highest BCUT2D eigenvalue weighted by molar-refractivity contribution is 7.09. The van der Waals surface area contributed by atoms with Crippen LogP contribution >= 0.6 is 11.3 Å². The van der Waals surface area contributed by atoms with Gasteiger partial charge in [0, 0.05) is 30.1 Å². The van der Waals surface area contributed by atoms with Gasteiger partial charge < -0.3 is 20.1 Å². The molecule has 0 saturated heterocycles. The van der Waals surface area contributed by atoms with Crippen LogP contribution in [0.4, 0.5) is 5.69 Å². The Kier molecular flexibility index (Phi) is 7.06. The summed E-state index contributed by atoms with van der Waals surface area (Å²) in [7, 11) is 3.37. The summed E-state index contributed by atoms with van der Waals surface area (Å²) in [5.41, 5.74) is 1.89. The third-order valence-corrected chi connectivity index (χ3v) is 4.64. The fourth-order valence-corrected chi connectivity index (χ4v) is 3.02. The van der Waals surface area contributed by atoms with Gasteiger partial charge >= 0.3 is 0 Å². The van der Waals surface area contributed by atoms with Crippen LogP contribution in [0.5, 0.6) is 11.5 Å².